The number of benzene rings is 2. The molecule has 17 heteroatoms. The van der Waals surface area contributed by atoms with Gasteiger partial charge in [0.15, 0.2) is 0 Å². The summed E-state index contributed by atoms with van der Waals surface area (Å²) in [6.07, 6.45) is 7.78. The zero-order chi connectivity index (χ0) is 45.1. The summed E-state index contributed by atoms with van der Waals surface area (Å²) in [5.74, 6) is -0.198. The number of nitrogens with one attached hydrogen (secondary N) is 3. The number of aromatic nitrogens is 2. The molecule has 0 saturated carbocycles. The van der Waals surface area contributed by atoms with Gasteiger partial charge in [0.05, 0.1) is 17.8 Å². The minimum Gasteiger partial charge on any atom is -0.384 e. The van der Waals surface area contributed by atoms with Crippen LogP contribution in [0.15, 0.2) is 42.7 Å². The molecule has 2 aromatic carbocycles. The molecule has 0 aliphatic carbocycles. The van der Waals surface area contributed by atoms with E-state index in [0.29, 0.717) is 63.1 Å². The van der Waals surface area contributed by atoms with Crippen LogP contribution >= 0.6 is 0 Å². The van der Waals surface area contributed by atoms with E-state index in [1.54, 1.807) is 16.1 Å². The van der Waals surface area contributed by atoms with Crippen molar-refractivity contribution in [2.45, 2.75) is 89.9 Å². The lowest BCUT2D eigenvalue weighted by Crippen LogP contribution is -2.66. The van der Waals surface area contributed by atoms with E-state index in [2.05, 4.69) is 60.4 Å². The molecule has 7 aliphatic heterocycles. The molecule has 6 saturated heterocycles. The average Bonchev–Trinajstić information content (AvgIpc) is 3.99. The summed E-state index contributed by atoms with van der Waals surface area (Å²) in [5, 5.41) is 9.14. The van der Waals surface area contributed by atoms with Gasteiger partial charge in [0.25, 0.3) is 5.91 Å². The quantitative estimate of drug-likeness (QED) is 0.252. The Kier molecular flexibility index (Phi) is 11.4. The Morgan fingerprint density at radius 3 is 2.28 bits per heavy atom. The van der Waals surface area contributed by atoms with Crippen molar-refractivity contribution in [2.24, 2.45) is 10.8 Å². The van der Waals surface area contributed by atoms with Crippen LogP contribution in [-0.4, -0.2) is 138 Å². The van der Waals surface area contributed by atoms with Gasteiger partial charge in [-0.15, -0.1) is 0 Å². The lowest BCUT2D eigenvalue weighted by molar-refractivity contribution is -0.137. The van der Waals surface area contributed by atoms with E-state index in [9.17, 15) is 19.2 Å². The molecule has 10 rings (SSSR count). The number of amides is 4. The molecule has 65 heavy (non-hydrogen) atoms. The van der Waals surface area contributed by atoms with Crippen LogP contribution in [0, 0.1) is 22.5 Å². The molecule has 7 aliphatic rings. The highest BCUT2D eigenvalue weighted by Gasteiger charge is 2.45. The van der Waals surface area contributed by atoms with Crippen LogP contribution in [-0.2, 0) is 27.5 Å². The Morgan fingerprint density at radius 2 is 1.49 bits per heavy atom. The molecule has 3 N–H and O–H groups in total. The molecule has 1 unspecified atom stereocenters. The lowest BCUT2D eigenvalue weighted by atomic mass is 9.82. The number of hydrogen-bond acceptors (Lipinski definition) is 12. The number of nitrogens with zero attached hydrogens (tertiary/aromatic N) is 8. The van der Waals surface area contributed by atoms with Crippen molar-refractivity contribution in [3.63, 3.8) is 0 Å². The first kappa shape index (κ1) is 43.5. The fourth-order valence-corrected chi connectivity index (χ4v) is 11.5. The molecule has 6 fully saturated rings. The third-order valence-corrected chi connectivity index (χ3v) is 15.5. The highest BCUT2D eigenvalue weighted by molar-refractivity contribution is 6.05. The number of piperazine rings is 1. The normalized spacial score (nSPS) is 25.8. The number of carbonyl (C=O) groups excluding carboxylic acids is 4. The lowest BCUT2D eigenvalue weighted by Gasteiger charge is -2.48. The fraction of sp³-hybridized carbons (Fsp3) is 0.583. The van der Waals surface area contributed by atoms with Crippen LogP contribution in [0.5, 0.6) is 0 Å². The number of imide groups is 1. The SMILES string of the molecule is CC1(C)CCN(Cc2cc(F)c(N3CC(=O)NC4(CCN(c5cc(N6CC[C@@]7(CCN(CCNc8ccc9c(c8)CN(C8CCC(=O)NC8=O)C9=O)C7)C6)ncn5)CC4)C3)cc2F)CC1. The predicted molar refractivity (Wildman–Crippen MR) is 243 cm³/mol. The molecular formula is C48H61F2N11O4. The molecular weight excluding hydrogens is 833 g/mol. The van der Waals surface area contributed by atoms with Crippen molar-refractivity contribution in [2.75, 3.05) is 98.6 Å². The molecule has 2 atom stereocenters. The van der Waals surface area contributed by atoms with Gasteiger partial charge in [-0.1, -0.05) is 13.8 Å². The third-order valence-electron chi connectivity index (χ3n) is 15.5. The van der Waals surface area contributed by atoms with Crippen LogP contribution in [0.3, 0.4) is 0 Å². The van der Waals surface area contributed by atoms with Gasteiger partial charge in [-0.2, -0.15) is 0 Å². The van der Waals surface area contributed by atoms with Crippen molar-refractivity contribution in [3.8, 4) is 0 Å². The molecule has 2 spiro atoms. The van der Waals surface area contributed by atoms with Gasteiger partial charge in [0, 0.05) is 106 Å². The molecule has 15 nitrogen and oxygen atoms in total. The Balaban J connectivity index is 0.701. The van der Waals surface area contributed by atoms with Gasteiger partial charge in [-0.05, 0) is 99.8 Å². The van der Waals surface area contributed by atoms with Crippen molar-refractivity contribution in [1.29, 1.82) is 0 Å². The molecule has 3 aromatic rings. The van der Waals surface area contributed by atoms with Gasteiger partial charge in [0.1, 0.15) is 35.6 Å². The average molecular weight is 894 g/mol. The topological polar surface area (TPSA) is 150 Å². The number of hydrogen-bond donors (Lipinski definition) is 3. The van der Waals surface area contributed by atoms with E-state index < -0.39 is 29.1 Å². The van der Waals surface area contributed by atoms with Crippen molar-refractivity contribution in [3.05, 3.63) is 71.1 Å². The summed E-state index contributed by atoms with van der Waals surface area (Å²) in [4.78, 5) is 72.4. The fourth-order valence-electron chi connectivity index (χ4n) is 11.5. The Bertz CT molecular complexity index is 2360. The first-order valence-corrected chi connectivity index (χ1v) is 23.5. The highest BCUT2D eigenvalue weighted by Crippen LogP contribution is 2.42. The van der Waals surface area contributed by atoms with E-state index >= 15 is 8.78 Å². The van der Waals surface area contributed by atoms with Gasteiger partial charge in [0.2, 0.25) is 17.7 Å². The second-order valence-corrected chi connectivity index (χ2v) is 20.6. The number of piperidine rings is 3. The van der Waals surface area contributed by atoms with E-state index in [0.717, 1.165) is 101 Å². The molecule has 4 amide bonds. The summed E-state index contributed by atoms with van der Waals surface area (Å²) in [7, 11) is 0. The van der Waals surface area contributed by atoms with Crippen LogP contribution in [0.2, 0.25) is 0 Å². The van der Waals surface area contributed by atoms with Crippen molar-refractivity contribution >= 4 is 46.6 Å². The first-order valence-electron chi connectivity index (χ1n) is 23.5. The minimum absolute atomic E-state index is 0.0150. The predicted octanol–water partition coefficient (Wildman–Crippen LogP) is 4.13. The zero-order valence-corrected chi connectivity index (χ0v) is 37.6. The maximum absolute atomic E-state index is 15.7. The number of likely N-dealkylation sites (tertiary alicyclic amines) is 2. The molecule has 1 aromatic heterocycles. The van der Waals surface area contributed by atoms with Crippen molar-refractivity contribution < 1.29 is 28.0 Å². The number of anilines is 4. The number of rotatable bonds is 10. The number of fused-ring (bicyclic) bond motifs is 1. The second kappa shape index (κ2) is 17.1. The van der Waals surface area contributed by atoms with Crippen LogP contribution in [0.4, 0.5) is 31.8 Å². The maximum Gasteiger partial charge on any atom is 0.255 e. The van der Waals surface area contributed by atoms with E-state index in [1.165, 1.54) is 12.1 Å². The molecule has 346 valence electrons. The summed E-state index contributed by atoms with van der Waals surface area (Å²) >= 11 is 0. The van der Waals surface area contributed by atoms with E-state index in [4.69, 9.17) is 4.98 Å². The van der Waals surface area contributed by atoms with Crippen molar-refractivity contribution in [1.82, 2.24) is 35.3 Å². The van der Waals surface area contributed by atoms with Gasteiger partial charge in [-0.25, -0.2) is 18.7 Å². The zero-order valence-electron chi connectivity index (χ0n) is 37.6. The van der Waals surface area contributed by atoms with Crippen LogP contribution in [0.25, 0.3) is 0 Å². The summed E-state index contributed by atoms with van der Waals surface area (Å²) < 4.78 is 31.3. The smallest absolute Gasteiger partial charge is 0.255 e. The van der Waals surface area contributed by atoms with E-state index in [1.807, 2.05) is 18.2 Å². The highest BCUT2D eigenvalue weighted by atomic mass is 19.1. The molecule has 0 radical (unpaired) electrons. The van der Waals surface area contributed by atoms with Gasteiger partial charge in [-0.3, -0.25) is 29.4 Å². The summed E-state index contributed by atoms with van der Waals surface area (Å²) in [6.45, 7) is 14.2. The summed E-state index contributed by atoms with van der Waals surface area (Å²) in [6, 6.07) is 9.83. The minimum atomic E-state index is -0.624. The third kappa shape index (κ3) is 8.97. The molecule has 8 heterocycles. The number of carbonyl (C=O) groups is 4. The number of halogens is 2. The van der Waals surface area contributed by atoms with Crippen LogP contribution < -0.4 is 30.7 Å². The van der Waals surface area contributed by atoms with Gasteiger partial charge < -0.3 is 35.1 Å². The largest absolute Gasteiger partial charge is 0.384 e. The van der Waals surface area contributed by atoms with Crippen LogP contribution in [0.1, 0.15) is 86.7 Å². The Hall–Kier alpha value is -5.42. The van der Waals surface area contributed by atoms with E-state index in [-0.39, 0.29) is 47.2 Å². The second-order valence-electron chi connectivity index (χ2n) is 20.6. The monoisotopic (exact) mass is 893 g/mol. The standard InChI is InChI=1S/C48H61F2N11O4/c1-46(2)7-14-56(15-8-46)25-33-22-37(50)39(23-36(33)49)60-27-43(63)55-48(30-60)11-18-58(19-12-48)40-24-41(53-31-52-40)59-17-10-47(29-59)9-16-57(28-47)20-13-51-34-3-4-35-32(21-34)26-61(45(35)65)38-5-6-42(62)54-44(38)64/h3-4,21-24,31,38,51H,5-20,25-30H2,1-2H3,(H,55,63)(H,54,62,64)/t38?,47-/m1/s1. The Morgan fingerprint density at radius 1 is 0.754 bits per heavy atom. The van der Waals surface area contributed by atoms with Gasteiger partial charge >= 0.3 is 0 Å². The summed E-state index contributed by atoms with van der Waals surface area (Å²) in [5.41, 5.74) is 2.84. The first-order chi connectivity index (χ1) is 31.2. The Labute approximate surface area is 379 Å². The maximum atomic E-state index is 15.7. The molecule has 0 bridgehead atoms.